The van der Waals surface area contributed by atoms with Crippen molar-refractivity contribution in [1.29, 1.82) is 0 Å². The zero-order valence-electron chi connectivity index (χ0n) is 15.0. The third-order valence-corrected chi connectivity index (χ3v) is 5.31. The standard InChI is InChI=1S/C20H24N4OS/c1-17(26-20-21-10-6-11-22-20)19(25)24-15-13-23(14-16-24)12-5-9-18-7-3-2-4-8-18/h2-11,17H,12-16H2,1H3/b9-5+. The van der Waals surface area contributed by atoms with E-state index < -0.39 is 0 Å². The van der Waals surface area contributed by atoms with Gasteiger partial charge in [-0.25, -0.2) is 9.97 Å². The van der Waals surface area contributed by atoms with E-state index >= 15 is 0 Å². The summed E-state index contributed by atoms with van der Waals surface area (Å²) in [6.07, 6.45) is 7.75. The Morgan fingerprint density at radius 3 is 2.50 bits per heavy atom. The van der Waals surface area contributed by atoms with E-state index in [1.807, 2.05) is 30.0 Å². The van der Waals surface area contributed by atoms with Crippen molar-refractivity contribution in [3.63, 3.8) is 0 Å². The van der Waals surface area contributed by atoms with Crippen LogP contribution >= 0.6 is 11.8 Å². The fraction of sp³-hybridized carbons (Fsp3) is 0.350. The van der Waals surface area contributed by atoms with Gasteiger partial charge in [0.05, 0.1) is 5.25 Å². The Bertz CT molecular complexity index is 715. The Hall–Kier alpha value is -2.18. The van der Waals surface area contributed by atoms with E-state index in [0.29, 0.717) is 5.16 Å². The van der Waals surface area contributed by atoms with Crippen LogP contribution in [-0.2, 0) is 4.79 Å². The first-order chi connectivity index (χ1) is 12.7. The van der Waals surface area contributed by atoms with Crippen molar-refractivity contribution in [3.8, 4) is 0 Å². The van der Waals surface area contributed by atoms with Crippen LogP contribution < -0.4 is 0 Å². The molecular formula is C20H24N4OS. The molecule has 1 aromatic carbocycles. The minimum Gasteiger partial charge on any atom is -0.339 e. The molecule has 0 N–H and O–H groups in total. The molecule has 1 amide bonds. The Kier molecular flexibility index (Phi) is 6.80. The highest BCUT2D eigenvalue weighted by atomic mass is 32.2. The summed E-state index contributed by atoms with van der Waals surface area (Å²) in [5.74, 6) is 0.168. The molecule has 2 aromatic rings. The van der Waals surface area contributed by atoms with Crippen LogP contribution in [0.15, 0.2) is 60.0 Å². The second-order valence-electron chi connectivity index (χ2n) is 6.23. The van der Waals surface area contributed by atoms with Crippen LogP contribution in [-0.4, -0.2) is 63.6 Å². The molecule has 0 aliphatic carbocycles. The van der Waals surface area contributed by atoms with Crippen molar-refractivity contribution in [2.45, 2.75) is 17.3 Å². The van der Waals surface area contributed by atoms with Crippen molar-refractivity contribution in [2.75, 3.05) is 32.7 Å². The summed E-state index contributed by atoms with van der Waals surface area (Å²) in [7, 11) is 0. The van der Waals surface area contributed by atoms with Gasteiger partial charge in [-0.15, -0.1) is 0 Å². The van der Waals surface area contributed by atoms with Gasteiger partial charge in [0.15, 0.2) is 5.16 Å². The number of benzene rings is 1. The number of thioether (sulfide) groups is 1. The van der Waals surface area contributed by atoms with E-state index in [9.17, 15) is 4.79 Å². The van der Waals surface area contributed by atoms with Crippen LogP contribution in [0.25, 0.3) is 6.08 Å². The van der Waals surface area contributed by atoms with Crippen molar-refractivity contribution in [1.82, 2.24) is 19.8 Å². The normalized spacial score (nSPS) is 16.7. The molecule has 1 saturated heterocycles. The molecule has 26 heavy (non-hydrogen) atoms. The fourth-order valence-electron chi connectivity index (χ4n) is 2.86. The van der Waals surface area contributed by atoms with Crippen LogP contribution in [0.3, 0.4) is 0 Å². The fourth-order valence-corrected chi connectivity index (χ4v) is 3.67. The zero-order valence-corrected chi connectivity index (χ0v) is 15.8. The molecular weight excluding hydrogens is 344 g/mol. The summed E-state index contributed by atoms with van der Waals surface area (Å²) in [6.45, 7) is 6.21. The molecule has 3 rings (SSSR count). The predicted octanol–water partition coefficient (Wildman–Crippen LogP) is 2.81. The summed E-state index contributed by atoms with van der Waals surface area (Å²) >= 11 is 1.42. The van der Waals surface area contributed by atoms with Crippen LogP contribution in [0, 0.1) is 0 Å². The molecule has 0 bridgehead atoms. The lowest BCUT2D eigenvalue weighted by molar-refractivity contribution is -0.131. The maximum Gasteiger partial charge on any atom is 0.235 e. The minimum atomic E-state index is -0.165. The number of hydrogen-bond acceptors (Lipinski definition) is 5. The largest absolute Gasteiger partial charge is 0.339 e. The molecule has 1 aliphatic heterocycles. The first kappa shape index (κ1) is 18.6. The van der Waals surface area contributed by atoms with Gasteiger partial charge < -0.3 is 4.90 Å². The van der Waals surface area contributed by atoms with Gasteiger partial charge in [0.1, 0.15) is 0 Å². The van der Waals surface area contributed by atoms with Crippen LogP contribution in [0.1, 0.15) is 12.5 Å². The summed E-state index contributed by atoms with van der Waals surface area (Å²) in [6, 6.07) is 12.1. The molecule has 1 fully saturated rings. The number of aromatic nitrogens is 2. The highest BCUT2D eigenvalue weighted by Crippen LogP contribution is 2.20. The second-order valence-corrected chi connectivity index (χ2v) is 7.54. The van der Waals surface area contributed by atoms with E-state index in [1.165, 1.54) is 17.3 Å². The molecule has 136 valence electrons. The van der Waals surface area contributed by atoms with Gasteiger partial charge in [-0.3, -0.25) is 9.69 Å². The lowest BCUT2D eigenvalue weighted by Crippen LogP contribution is -2.50. The Morgan fingerprint density at radius 1 is 1.12 bits per heavy atom. The lowest BCUT2D eigenvalue weighted by Gasteiger charge is -2.35. The smallest absolute Gasteiger partial charge is 0.235 e. The first-order valence-electron chi connectivity index (χ1n) is 8.89. The topological polar surface area (TPSA) is 49.3 Å². The Labute approximate surface area is 159 Å². The zero-order chi connectivity index (χ0) is 18.2. The highest BCUT2D eigenvalue weighted by Gasteiger charge is 2.25. The van der Waals surface area contributed by atoms with Gasteiger partial charge in [-0.2, -0.15) is 0 Å². The molecule has 0 saturated carbocycles. The first-order valence-corrected chi connectivity index (χ1v) is 9.77. The average Bonchev–Trinajstić information content (AvgIpc) is 2.69. The van der Waals surface area contributed by atoms with E-state index in [2.05, 4.69) is 39.2 Å². The van der Waals surface area contributed by atoms with Crippen LogP contribution in [0.4, 0.5) is 0 Å². The minimum absolute atomic E-state index is 0.165. The number of rotatable bonds is 6. The van der Waals surface area contributed by atoms with E-state index in [1.54, 1.807) is 18.5 Å². The molecule has 1 unspecified atom stereocenters. The van der Waals surface area contributed by atoms with Gasteiger partial charge in [0.25, 0.3) is 0 Å². The molecule has 6 heteroatoms. The van der Waals surface area contributed by atoms with Gasteiger partial charge in [-0.1, -0.05) is 54.2 Å². The van der Waals surface area contributed by atoms with Gasteiger partial charge in [0.2, 0.25) is 5.91 Å². The molecule has 1 atom stereocenters. The second kappa shape index (κ2) is 9.50. The van der Waals surface area contributed by atoms with E-state index in [0.717, 1.165) is 32.7 Å². The third kappa shape index (κ3) is 5.41. The van der Waals surface area contributed by atoms with Crippen molar-refractivity contribution in [3.05, 3.63) is 60.4 Å². The van der Waals surface area contributed by atoms with Crippen molar-refractivity contribution >= 4 is 23.7 Å². The number of hydrogen-bond donors (Lipinski definition) is 0. The van der Waals surface area contributed by atoms with Gasteiger partial charge in [-0.05, 0) is 18.6 Å². The number of piperazine rings is 1. The van der Waals surface area contributed by atoms with Crippen molar-refractivity contribution < 1.29 is 4.79 Å². The predicted molar refractivity (Wildman–Crippen MR) is 106 cm³/mol. The van der Waals surface area contributed by atoms with E-state index in [4.69, 9.17) is 0 Å². The highest BCUT2D eigenvalue weighted by molar-refractivity contribution is 8.00. The molecule has 0 spiro atoms. The quantitative estimate of drug-likeness (QED) is 0.580. The average molecular weight is 369 g/mol. The van der Waals surface area contributed by atoms with Crippen molar-refractivity contribution in [2.24, 2.45) is 0 Å². The summed E-state index contributed by atoms with van der Waals surface area (Å²) in [5.41, 5.74) is 1.22. The SMILES string of the molecule is CC(Sc1ncccn1)C(=O)N1CCN(C/C=C/c2ccccc2)CC1. The maximum atomic E-state index is 12.6. The number of amides is 1. The number of carbonyl (C=O) groups is 1. The Morgan fingerprint density at radius 2 is 1.81 bits per heavy atom. The number of nitrogens with zero attached hydrogens (tertiary/aromatic N) is 4. The summed E-state index contributed by atoms with van der Waals surface area (Å²) < 4.78 is 0. The van der Waals surface area contributed by atoms with Crippen LogP contribution in [0.5, 0.6) is 0 Å². The molecule has 5 nitrogen and oxygen atoms in total. The third-order valence-electron chi connectivity index (χ3n) is 4.33. The van der Waals surface area contributed by atoms with Gasteiger partial charge >= 0.3 is 0 Å². The maximum absolute atomic E-state index is 12.6. The summed E-state index contributed by atoms with van der Waals surface area (Å²) in [4.78, 5) is 25.3. The molecule has 1 aliphatic rings. The molecule has 0 radical (unpaired) electrons. The van der Waals surface area contributed by atoms with Crippen LogP contribution in [0.2, 0.25) is 0 Å². The lowest BCUT2D eigenvalue weighted by atomic mass is 10.2. The molecule has 2 heterocycles. The van der Waals surface area contributed by atoms with E-state index in [-0.39, 0.29) is 11.2 Å². The summed E-state index contributed by atoms with van der Waals surface area (Å²) in [5, 5.41) is 0.486. The Balaban J connectivity index is 1.42. The molecule has 1 aromatic heterocycles. The monoisotopic (exact) mass is 368 g/mol. The van der Waals surface area contributed by atoms with Gasteiger partial charge in [0, 0.05) is 45.1 Å². The number of carbonyl (C=O) groups excluding carboxylic acids is 1.